The third kappa shape index (κ3) is 2.94. The minimum absolute atomic E-state index is 0.0418. The Morgan fingerprint density at radius 1 is 1.29 bits per heavy atom. The predicted molar refractivity (Wildman–Crippen MR) is 73.2 cm³/mol. The van der Waals surface area contributed by atoms with Crippen LogP contribution in [0.4, 0.5) is 0 Å². The smallest absolute Gasteiger partial charge is 0.308 e. The summed E-state index contributed by atoms with van der Waals surface area (Å²) >= 11 is 0. The highest BCUT2D eigenvalue weighted by Gasteiger charge is 2.28. The van der Waals surface area contributed by atoms with E-state index in [1.165, 1.54) is 0 Å². The number of carboxylic acids is 1. The summed E-state index contributed by atoms with van der Waals surface area (Å²) in [6.45, 7) is 1.14. The van der Waals surface area contributed by atoms with Crippen LogP contribution in [0.1, 0.15) is 18.4 Å². The lowest BCUT2D eigenvalue weighted by atomic mass is 9.97. The number of hydrogen-bond donors (Lipinski definition) is 1. The number of amides is 1. The third-order valence-electron chi connectivity index (χ3n) is 3.92. The number of carbonyl (C=O) groups is 2. The maximum atomic E-state index is 12.3. The molecule has 1 aromatic rings. The molecule has 1 aromatic carbocycles. The molecule has 6 nitrogen and oxygen atoms in total. The van der Waals surface area contributed by atoms with E-state index in [4.69, 9.17) is 14.6 Å². The molecule has 0 aromatic heterocycles. The lowest BCUT2D eigenvalue weighted by Gasteiger charge is -2.30. The minimum Gasteiger partial charge on any atom is -0.481 e. The van der Waals surface area contributed by atoms with E-state index >= 15 is 0 Å². The lowest BCUT2D eigenvalue weighted by Crippen LogP contribution is -2.42. The number of carbonyl (C=O) groups excluding carboxylic acids is 1. The molecule has 2 aliphatic rings. The first-order valence-corrected chi connectivity index (χ1v) is 7.02. The molecule has 0 radical (unpaired) electrons. The zero-order valence-corrected chi connectivity index (χ0v) is 11.6. The van der Waals surface area contributed by atoms with Crippen molar-refractivity contribution in [1.82, 2.24) is 4.90 Å². The van der Waals surface area contributed by atoms with E-state index in [1.54, 1.807) is 17.0 Å². The molecule has 1 atom stereocenters. The monoisotopic (exact) mass is 291 g/mol. The fourth-order valence-electron chi connectivity index (χ4n) is 2.74. The molecule has 1 amide bonds. The van der Waals surface area contributed by atoms with Crippen molar-refractivity contribution in [3.63, 3.8) is 0 Å². The highest BCUT2D eigenvalue weighted by atomic mass is 16.7. The van der Waals surface area contributed by atoms with Gasteiger partial charge in [0.25, 0.3) is 0 Å². The number of nitrogens with zero attached hydrogens (tertiary/aromatic N) is 1. The van der Waals surface area contributed by atoms with E-state index in [0.29, 0.717) is 31.0 Å². The Balaban J connectivity index is 1.64. The van der Waals surface area contributed by atoms with Gasteiger partial charge in [-0.05, 0) is 30.5 Å². The summed E-state index contributed by atoms with van der Waals surface area (Å²) in [7, 11) is 0. The van der Waals surface area contributed by atoms with Gasteiger partial charge in [-0.15, -0.1) is 0 Å². The highest BCUT2D eigenvalue weighted by Crippen LogP contribution is 2.32. The largest absolute Gasteiger partial charge is 0.481 e. The maximum Gasteiger partial charge on any atom is 0.308 e. The molecule has 1 saturated heterocycles. The first kappa shape index (κ1) is 13.7. The zero-order valence-electron chi connectivity index (χ0n) is 11.6. The molecule has 0 bridgehead atoms. The van der Waals surface area contributed by atoms with Crippen molar-refractivity contribution in [3.8, 4) is 11.5 Å². The number of benzene rings is 1. The van der Waals surface area contributed by atoms with Crippen LogP contribution in [0.2, 0.25) is 0 Å². The summed E-state index contributed by atoms with van der Waals surface area (Å²) in [6.07, 6.45) is 1.63. The van der Waals surface area contributed by atoms with Gasteiger partial charge < -0.3 is 19.5 Å². The van der Waals surface area contributed by atoms with Crippen molar-refractivity contribution in [1.29, 1.82) is 0 Å². The summed E-state index contributed by atoms with van der Waals surface area (Å²) in [5.41, 5.74) is 0.849. The molecule has 0 aliphatic carbocycles. The molecule has 2 heterocycles. The van der Waals surface area contributed by atoms with Gasteiger partial charge in [-0.25, -0.2) is 0 Å². The Morgan fingerprint density at radius 3 is 2.90 bits per heavy atom. The van der Waals surface area contributed by atoms with E-state index in [2.05, 4.69) is 0 Å². The van der Waals surface area contributed by atoms with Gasteiger partial charge >= 0.3 is 5.97 Å². The minimum atomic E-state index is -0.824. The quantitative estimate of drug-likeness (QED) is 0.908. The van der Waals surface area contributed by atoms with Gasteiger partial charge in [0.2, 0.25) is 12.7 Å². The maximum absolute atomic E-state index is 12.3. The topological polar surface area (TPSA) is 76.1 Å². The van der Waals surface area contributed by atoms with Gasteiger partial charge in [-0.3, -0.25) is 9.59 Å². The summed E-state index contributed by atoms with van der Waals surface area (Å²) in [4.78, 5) is 25.0. The first-order chi connectivity index (χ1) is 10.1. The average molecular weight is 291 g/mol. The van der Waals surface area contributed by atoms with Crippen LogP contribution >= 0.6 is 0 Å². The van der Waals surface area contributed by atoms with Crippen LogP contribution in [-0.2, 0) is 16.0 Å². The predicted octanol–water partition coefficient (Wildman–Crippen LogP) is 1.28. The number of piperidine rings is 1. The lowest BCUT2D eigenvalue weighted by molar-refractivity contribution is -0.145. The molecule has 2 aliphatic heterocycles. The van der Waals surface area contributed by atoms with Gasteiger partial charge in [-0.1, -0.05) is 6.07 Å². The molecule has 6 heteroatoms. The zero-order chi connectivity index (χ0) is 14.8. The van der Waals surface area contributed by atoms with E-state index < -0.39 is 11.9 Å². The second-order valence-electron chi connectivity index (χ2n) is 5.38. The normalized spacial score (nSPS) is 20.4. The van der Waals surface area contributed by atoms with Crippen LogP contribution in [0, 0.1) is 5.92 Å². The summed E-state index contributed by atoms with van der Waals surface area (Å²) in [5.74, 6) is 0.0346. The van der Waals surface area contributed by atoms with E-state index in [0.717, 1.165) is 12.0 Å². The molecular formula is C15H17NO5. The molecule has 3 rings (SSSR count). The van der Waals surface area contributed by atoms with Gasteiger partial charge in [-0.2, -0.15) is 0 Å². The van der Waals surface area contributed by atoms with E-state index in [1.807, 2.05) is 6.07 Å². The van der Waals surface area contributed by atoms with Gasteiger partial charge in [0.15, 0.2) is 11.5 Å². The fourth-order valence-corrected chi connectivity index (χ4v) is 2.74. The number of fused-ring (bicyclic) bond motifs is 1. The standard InChI is InChI=1S/C15H17NO5/c17-14(16-5-1-2-11(8-16)15(18)19)7-10-3-4-12-13(6-10)21-9-20-12/h3-4,6,11H,1-2,5,7-9H2,(H,18,19)/t11-/m0/s1. The first-order valence-electron chi connectivity index (χ1n) is 7.02. The average Bonchev–Trinajstić information content (AvgIpc) is 2.95. The molecule has 0 spiro atoms. The molecule has 1 fully saturated rings. The van der Waals surface area contributed by atoms with Crippen LogP contribution < -0.4 is 9.47 Å². The Labute approximate surface area is 122 Å². The van der Waals surface area contributed by atoms with Gasteiger partial charge in [0.05, 0.1) is 12.3 Å². The molecule has 112 valence electrons. The van der Waals surface area contributed by atoms with Crippen molar-refractivity contribution >= 4 is 11.9 Å². The summed E-state index contributed by atoms with van der Waals surface area (Å²) < 4.78 is 10.5. The molecular weight excluding hydrogens is 274 g/mol. The Kier molecular flexibility index (Phi) is 3.68. The molecule has 0 saturated carbocycles. The van der Waals surface area contributed by atoms with Crippen molar-refractivity contribution in [2.75, 3.05) is 19.9 Å². The van der Waals surface area contributed by atoms with E-state index in [9.17, 15) is 9.59 Å². The van der Waals surface area contributed by atoms with Crippen LogP contribution in [0.5, 0.6) is 11.5 Å². The van der Waals surface area contributed by atoms with Gasteiger partial charge in [0, 0.05) is 13.1 Å². The molecule has 21 heavy (non-hydrogen) atoms. The molecule has 0 unspecified atom stereocenters. The van der Waals surface area contributed by atoms with E-state index in [-0.39, 0.29) is 19.1 Å². The summed E-state index contributed by atoms with van der Waals surface area (Å²) in [5, 5.41) is 9.06. The second-order valence-corrected chi connectivity index (χ2v) is 5.38. The SMILES string of the molecule is O=C(O)[C@H]1CCCN(C(=O)Cc2ccc3c(c2)OCO3)C1. The second kappa shape index (κ2) is 5.63. The Morgan fingerprint density at radius 2 is 2.10 bits per heavy atom. The van der Waals surface area contributed by atoms with Crippen LogP contribution in [0.25, 0.3) is 0 Å². The fraction of sp³-hybridized carbons (Fsp3) is 0.467. The number of carboxylic acid groups (broad SMARTS) is 1. The number of hydrogen-bond acceptors (Lipinski definition) is 4. The van der Waals surface area contributed by atoms with Crippen molar-refractivity contribution in [2.24, 2.45) is 5.92 Å². The third-order valence-corrected chi connectivity index (χ3v) is 3.92. The number of likely N-dealkylation sites (tertiary alicyclic amines) is 1. The molecule has 1 N–H and O–H groups in total. The Hall–Kier alpha value is -2.24. The van der Waals surface area contributed by atoms with Crippen LogP contribution in [0.3, 0.4) is 0 Å². The van der Waals surface area contributed by atoms with Crippen molar-refractivity contribution < 1.29 is 24.2 Å². The summed E-state index contributed by atoms with van der Waals surface area (Å²) in [6, 6.07) is 5.43. The Bertz CT molecular complexity index is 571. The van der Waals surface area contributed by atoms with Gasteiger partial charge in [0.1, 0.15) is 0 Å². The number of ether oxygens (including phenoxy) is 2. The number of rotatable bonds is 3. The van der Waals surface area contributed by atoms with Crippen molar-refractivity contribution in [2.45, 2.75) is 19.3 Å². The highest BCUT2D eigenvalue weighted by molar-refractivity contribution is 5.80. The van der Waals surface area contributed by atoms with Crippen LogP contribution in [-0.4, -0.2) is 41.8 Å². The van der Waals surface area contributed by atoms with Crippen LogP contribution in [0.15, 0.2) is 18.2 Å². The number of aliphatic carboxylic acids is 1. The van der Waals surface area contributed by atoms with Crippen molar-refractivity contribution in [3.05, 3.63) is 23.8 Å².